The van der Waals surface area contributed by atoms with Crippen molar-refractivity contribution in [1.29, 1.82) is 0 Å². The van der Waals surface area contributed by atoms with Crippen LogP contribution in [0, 0.1) is 0 Å². The molecule has 2 aromatic rings. The molecule has 0 aliphatic heterocycles. The molecule has 2 N–H and O–H groups in total. The summed E-state index contributed by atoms with van der Waals surface area (Å²) in [5.41, 5.74) is 0.566. The maximum Gasteiger partial charge on any atom is 0.263 e. The molecule has 0 spiro atoms. The average Bonchev–Trinajstić information content (AvgIpc) is 2.82. The second kappa shape index (κ2) is 5.36. The zero-order chi connectivity index (χ0) is 13.0. The van der Waals surface area contributed by atoms with Gasteiger partial charge in [0.15, 0.2) is 0 Å². The SMILES string of the molecule is CCNc1ccc(S(=O)(=O)Nc2ccsc2)cn1. The van der Waals surface area contributed by atoms with E-state index in [2.05, 4.69) is 15.0 Å². The van der Waals surface area contributed by atoms with Gasteiger partial charge in [-0.15, -0.1) is 0 Å². The summed E-state index contributed by atoms with van der Waals surface area (Å²) >= 11 is 1.43. The molecule has 7 heteroatoms. The molecule has 5 nitrogen and oxygen atoms in total. The summed E-state index contributed by atoms with van der Waals surface area (Å²) in [4.78, 5) is 4.18. The quantitative estimate of drug-likeness (QED) is 0.883. The van der Waals surface area contributed by atoms with E-state index in [0.717, 1.165) is 6.54 Å². The van der Waals surface area contributed by atoms with E-state index < -0.39 is 10.0 Å². The van der Waals surface area contributed by atoms with Gasteiger partial charge in [0.1, 0.15) is 10.7 Å². The number of nitrogens with one attached hydrogen (secondary N) is 2. The average molecular weight is 283 g/mol. The van der Waals surface area contributed by atoms with Crippen LogP contribution in [-0.2, 0) is 10.0 Å². The normalized spacial score (nSPS) is 11.2. The van der Waals surface area contributed by atoms with Gasteiger partial charge in [0.25, 0.3) is 10.0 Å². The first-order chi connectivity index (χ1) is 8.62. The molecule has 0 amide bonds. The Bertz CT molecular complexity index is 592. The molecule has 0 aliphatic carbocycles. The molecular formula is C11H13N3O2S2. The van der Waals surface area contributed by atoms with E-state index in [1.54, 1.807) is 17.5 Å². The van der Waals surface area contributed by atoms with Crippen LogP contribution in [0.15, 0.2) is 40.1 Å². The molecule has 2 heterocycles. The maximum absolute atomic E-state index is 12.0. The van der Waals surface area contributed by atoms with Crippen LogP contribution in [0.3, 0.4) is 0 Å². The van der Waals surface area contributed by atoms with Gasteiger partial charge in [-0.2, -0.15) is 11.3 Å². The second-order valence-electron chi connectivity index (χ2n) is 3.53. The van der Waals surface area contributed by atoms with Gasteiger partial charge >= 0.3 is 0 Å². The number of pyridine rings is 1. The fourth-order valence-corrected chi connectivity index (χ4v) is 3.02. The molecule has 0 bridgehead atoms. The number of aromatic nitrogens is 1. The predicted molar refractivity (Wildman–Crippen MR) is 73.5 cm³/mol. The lowest BCUT2D eigenvalue weighted by atomic mass is 10.4. The maximum atomic E-state index is 12.0. The highest BCUT2D eigenvalue weighted by atomic mass is 32.2. The first-order valence-electron chi connectivity index (χ1n) is 5.37. The van der Waals surface area contributed by atoms with Gasteiger partial charge in [0.2, 0.25) is 0 Å². The molecule has 0 radical (unpaired) electrons. The monoisotopic (exact) mass is 283 g/mol. The Labute approximate surface area is 110 Å². The van der Waals surface area contributed by atoms with Gasteiger partial charge in [0, 0.05) is 18.1 Å². The van der Waals surface area contributed by atoms with Gasteiger partial charge in [-0.1, -0.05) is 0 Å². The molecule has 0 saturated carbocycles. The summed E-state index contributed by atoms with van der Waals surface area (Å²) in [6.45, 7) is 2.69. The molecule has 0 fully saturated rings. The van der Waals surface area contributed by atoms with Crippen molar-refractivity contribution < 1.29 is 8.42 Å². The molecule has 18 heavy (non-hydrogen) atoms. The summed E-state index contributed by atoms with van der Waals surface area (Å²) in [7, 11) is -3.55. The first-order valence-corrected chi connectivity index (χ1v) is 7.79. The van der Waals surface area contributed by atoms with Crippen molar-refractivity contribution in [1.82, 2.24) is 4.98 Å². The van der Waals surface area contributed by atoms with Gasteiger partial charge in [0.05, 0.1) is 5.69 Å². The Morgan fingerprint density at radius 1 is 1.33 bits per heavy atom. The number of sulfonamides is 1. The van der Waals surface area contributed by atoms with Crippen LogP contribution in [-0.4, -0.2) is 19.9 Å². The fourth-order valence-electron chi connectivity index (χ4n) is 1.36. The minimum Gasteiger partial charge on any atom is -0.370 e. The Balaban J connectivity index is 2.19. The summed E-state index contributed by atoms with van der Waals surface area (Å²) in [5, 5.41) is 6.55. The van der Waals surface area contributed by atoms with Crippen molar-refractivity contribution in [3.63, 3.8) is 0 Å². The molecule has 0 unspecified atom stereocenters. The third kappa shape index (κ3) is 2.99. The second-order valence-corrected chi connectivity index (χ2v) is 5.99. The highest BCUT2D eigenvalue weighted by Crippen LogP contribution is 2.18. The van der Waals surface area contributed by atoms with Crippen molar-refractivity contribution in [3.05, 3.63) is 35.2 Å². The van der Waals surface area contributed by atoms with Crippen LogP contribution in [0.4, 0.5) is 11.5 Å². The number of nitrogens with zero attached hydrogens (tertiary/aromatic N) is 1. The van der Waals surface area contributed by atoms with E-state index in [-0.39, 0.29) is 4.90 Å². The minimum absolute atomic E-state index is 0.148. The summed E-state index contributed by atoms with van der Waals surface area (Å²) in [6.07, 6.45) is 1.34. The number of thiophene rings is 1. The topological polar surface area (TPSA) is 71.1 Å². The lowest BCUT2D eigenvalue weighted by Gasteiger charge is -2.07. The first kappa shape index (κ1) is 12.8. The van der Waals surface area contributed by atoms with Crippen molar-refractivity contribution in [2.45, 2.75) is 11.8 Å². The van der Waals surface area contributed by atoms with E-state index >= 15 is 0 Å². The van der Waals surface area contributed by atoms with Crippen molar-refractivity contribution >= 4 is 32.9 Å². The molecule has 2 rings (SSSR count). The summed E-state index contributed by atoms with van der Waals surface area (Å²) < 4.78 is 26.5. The molecule has 0 saturated heterocycles. The van der Waals surface area contributed by atoms with Crippen LogP contribution < -0.4 is 10.0 Å². The highest BCUT2D eigenvalue weighted by Gasteiger charge is 2.14. The van der Waals surface area contributed by atoms with Crippen LogP contribution in [0.2, 0.25) is 0 Å². The highest BCUT2D eigenvalue weighted by molar-refractivity contribution is 7.92. The van der Waals surface area contributed by atoms with E-state index in [4.69, 9.17) is 0 Å². The van der Waals surface area contributed by atoms with E-state index in [0.29, 0.717) is 11.5 Å². The fraction of sp³-hybridized carbons (Fsp3) is 0.182. The van der Waals surface area contributed by atoms with Crippen molar-refractivity contribution in [3.8, 4) is 0 Å². The Hall–Kier alpha value is -1.60. The Kier molecular flexibility index (Phi) is 3.83. The van der Waals surface area contributed by atoms with Gasteiger partial charge in [-0.25, -0.2) is 13.4 Å². The van der Waals surface area contributed by atoms with Crippen LogP contribution >= 0.6 is 11.3 Å². The molecule has 96 valence electrons. The van der Waals surface area contributed by atoms with E-state index in [1.807, 2.05) is 12.3 Å². The minimum atomic E-state index is -3.55. The third-order valence-corrected chi connectivity index (χ3v) is 4.23. The lowest BCUT2D eigenvalue weighted by Crippen LogP contribution is -2.13. The Morgan fingerprint density at radius 3 is 2.72 bits per heavy atom. The molecule has 0 aromatic carbocycles. The van der Waals surface area contributed by atoms with E-state index in [9.17, 15) is 8.42 Å². The van der Waals surface area contributed by atoms with Gasteiger partial charge in [-0.05, 0) is 30.5 Å². The zero-order valence-corrected chi connectivity index (χ0v) is 11.4. The van der Waals surface area contributed by atoms with Crippen LogP contribution in [0.5, 0.6) is 0 Å². The molecule has 2 aromatic heterocycles. The predicted octanol–water partition coefficient (Wildman–Crippen LogP) is 2.38. The number of hydrogen-bond acceptors (Lipinski definition) is 5. The number of hydrogen-bond donors (Lipinski definition) is 2. The molecule has 0 atom stereocenters. The zero-order valence-electron chi connectivity index (χ0n) is 9.75. The van der Waals surface area contributed by atoms with Gasteiger partial charge in [-0.3, -0.25) is 4.72 Å². The van der Waals surface area contributed by atoms with Crippen LogP contribution in [0.25, 0.3) is 0 Å². The molecule has 0 aliphatic rings. The smallest absolute Gasteiger partial charge is 0.263 e. The van der Waals surface area contributed by atoms with Gasteiger partial charge < -0.3 is 5.32 Å². The van der Waals surface area contributed by atoms with E-state index in [1.165, 1.54) is 23.6 Å². The molecular weight excluding hydrogens is 270 g/mol. The third-order valence-electron chi connectivity index (χ3n) is 2.18. The summed E-state index contributed by atoms with van der Waals surface area (Å²) in [5.74, 6) is 0.659. The number of anilines is 2. The van der Waals surface area contributed by atoms with Crippen molar-refractivity contribution in [2.24, 2.45) is 0 Å². The largest absolute Gasteiger partial charge is 0.370 e. The standard InChI is InChI=1S/C11H13N3O2S2/c1-2-12-11-4-3-10(7-13-11)18(15,16)14-9-5-6-17-8-9/h3-8,14H,2H2,1H3,(H,12,13). The summed E-state index contributed by atoms with van der Waals surface area (Å²) in [6, 6.07) is 4.88. The van der Waals surface area contributed by atoms with Crippen LogP contribution in [0.1, 0.15) is 6.92 Å². The number of rotatable bonds is 5. The lowest BCUT2D eigenvalue weighted by molar-refractivity contribution is 0.601. The Morgan fingerprint density at radius 2 is 2.17 bits per heavy atom. The van der Waals surface area contributed by atoms with Crippen molar-refractivity contribution in [2.75, 3.05) is 16.6 Å².